The second-order valence-corrected chi connectivity index (χ2v) is 5.37. The van der Waals surface area contributed by atoms with E-state index in [0.717, 1.165) is 17.9 Å². The van der Waals surface area contributed by atoms with Crippen LogP contribution in [-0.2, 0) is 6.54 Å². The first kappa shape index (κ1) is 15.5. The van der Waals surface area contributed by atoms with Gasteiger partial charge in [0.25, 0.3) is 0 Å². The molecule has 0 unspecified atom stereocenters. The molecule has 2 N–H and O–H groups in total. The fourth-order valence-electron chi connectivity index (χ4n) is 2.10. The van der Waals surface area contributed by atoms with Crippen molar-refractivity contribution >= 4 is 0 Å². The van der Waals surface area contributed by atoms with E-state index >= 15 is 0 Å². The molecule has 112 valence electrons. The molecular weight excluding hydrogens is 262 g/mol. The van der Waals surface area contributed by atoms with E-state index in [9.17, 15) is 5.11 Å². The zero-order chi connectivity index (χ0) is 15.1. The Hall–Kier alpha value is -1.84. The van der Waals surface area contributed by atoms with Crippen LogP contribution in [-0.4, -0.2) is 17.8 Å². The van der Waals surface area contributed by atoms with Crippen molar-refractivity contribution in [2.45, 2.75) is 32.6 Å². The third-order valence-corrected chi connectivity index (χ3v) is 3.15. The Morgan fingerprint density at radius 1 is 1.00 bits per heavy atom. The maximum Gasteiger partial charge on any atom is 0.119 e. The molecule has 3 heteroatoms. The Kier molecular flexibility index (Phi) is 5.78. The molecule has 0 amide bonds. The molecule has 0 saturated heterocycles. The maximum atomic E-state index is 10.1. The summed E-state index contributed by atoms with van der Waals surface area (Å²) in [5.74, 6) is 0.887. The highest BCUT2D eigenvalue weighted by molar-refractivity contribution is 5.27. The van der Waals surface area contributed by atoms with Gasteiger partial charge < -0.3 is 15.2 Å². The minimum atomic E-state index is -0.477. The van der Waals surface area contributed by atoms with Crippen molar-refractivity contribution in [3.05, 3.63) is 65.7 Å². The van der Waals surface area contributed by atoms with Crippen molar-refractivity contribution < 1.29 is 9.84 Å². The lowest BCUT2D eigenvalue weighted by molar-refractivity contribution is 0.174. The molecule has 0 saturated carbocycles. The maximum absolute atomic E-state index is 10.1. The molecule has 2 rings (SSSR count). The lowest BCUT2D eigenvalue weighted by atomic mass is 10.1. The van der Waals surface area contributed by atoms with Crippen LogP contribution >= 0.6 is 0 Å². The molecule has 0 aromatic heterocycles. The molecule has 2 aromatic carbocycles. The first-order valence-corrected chi connectivity index (χ1v) is 7.34. The molecule has 21 heavy (non-hydrogen) atoms. The van der Waals surface area contributed by atoms with Gasteiger partial charge in [0.2, 0.25) is 0 Å². The number of aliphatic hydroxyl groups excluding tert-OH is 1. The molecule has 3 nitrogen and oxygen atoms in total. The molecular formula is C18H23NO2. The van der Waals surface area contributed by atoms with Gasteiger partial charge in [0, 0.05) is 13.1 Å². The van der Waals surface area contributed by atoms with Gasteiger partial charge in [-0.25, -0.2) is 0 Å². The third-order valence-electron chi connectivity index (χ3n) is 3.15. The second kappa shape index (κ2) is 7.81. The number of nitrogens with one attached hydrogen (secondary N) is 1. The van der Waals surface area contributed by atoms with Crippen LogP contribution in [0.3, 0.4) is 0 Å². The standard InChI is InChI=1S/C18H23NO2/c1-14(2)21-17-10-8-15(9-11-17)12-19-13-18(20)16-6-4-3-5-7-16/h3-11,14,18-20H,12-13H2,1-2H3/t18-/m0/s1. The van der Waals surface area contributed by atoms with Gasteiger partial charge in [-0.2, -0.15) is 0 Å². The second-order valence-electron chi connectivity index (χ2n) is 5.37. The lowest BCUT2D eigenvalue weighted by Crippen LogP contribution is -2.21. The van der Waals surface area contributed by atoms with Crippen molar-refractivity contribution in [2.75, 3.05) is 6.54 Å². The van der Waals surface area contributed by atoms with Gasteiger partial charge in [-0.15, -0.1) is 0 Å². The Balaban J connectivity index is 1.78. The molecule has 0 heterocycles. The minimum absolute atomic E-state index is 0.190. The van der Waals surface area contributed by atoms with E-state index in [1.165, 1.54) is 5.56 Å². The molecule has 0 spiro atoms. The summed E-state index contributed by atoms with van der Waals surface area (Å²) in [6.45, 7) is 5.29. The van der Waals surface area contributed by atoms with E-state index in [1.807, 2.05) is 68.4 Å². The van der Waals surface area contributed by atoms with Gasteiger partial charge in [-0.05, 0) is 37.1 Å². The summed E-state index contributed by atoms with van der Waals surface area (Å²) in [6, 6.07) is 17.7. The highest BCUT2D eigenvalue weighted by Crippen LogP contribution is 2.14. The van der Waals surface area contributed by atoms with E-state index in [4.69, 9.17) is 4.74 Å². The zero-order valence-corrected chi connectivity index (χ0v) is 12.6. The fourth-order valence-corrected chi connectivity index (χ4v) is 2.10. The van der Waals surface area contributed by atoms with Crippen LogP contribution in [0.15, 0.2) is 54.6 Å². The van der Waals surface area contributed by atoms with Gasteiger partial charge in [0.15, 0.2) is 0 Å². The molecule has 1 atom stereocenters. The Labute approximate surface area is 126 Å². The lowest BCUT2D eigenvalue weighted by Gasteiger charge is -2.13. The summed E-state index contributed by atoms with van der Waals surface area (Å²) in [7, 11) is 0. The Morgan fingerprint density at radius 2 is 1.67 bits per heavy atom. The van der Waals surface area contributed by atoms with Crippen molar-refractivity contribution in [1.29, 1.82) is 0 Å². The van der Waals surface area contributed by atoms with Gasteiger partial charge in [0.05, 0.1) is 12.2 Å². The minimum Gasteiger partial charge on any atom is -0.491 e. The first-order chi connectivity index (χ1) is 10.1. The summed E-state index contributed by atoms with van der Waals surface area (Å²) < 4.78 is 5.61. The predicted molar refractivity (Wildman–Crippen MR) is 85.3 cm³/mol. The highest BCUT2D eigenvalue weighted by Gasteiger charge is 2.06. The van der Waals surface area contributed by atoms with E-state index in [0.29, 0.717) is 6.54 Å². The normalized spacial score (nSPS) is 12.4. The summed E-state index contributed by atoms with van der Waals surface area (Å²) in [5, 5.41) is 13.3. The number of aliphatic hydroxyl groups is 1. The fraction of sp³-hybridized carbons (Fsp3) is 0.333. The molecule has 0 bridgehead atoms. The van der Waals surface area contributed by atoms with Gasteiger partial charge in [-0.1, -0.05) is 42.5 Å². The predicted octanol–water partition coefficient (Wildman–Crippen LogP) is 3.30. The van der Waals surface area contributed by atoms with Crippen LogP contribution in [0.25, 0.3) is 0 Å². The number of rotatable bonds is 7. The Bertz CT molecular complexity index is 523. The number of benzene rings is 2. The van der Waals surface area contributed by atoms with Gasteiger partial charge >= 0.3 is 0 Å². The third kappa shape index (κ3) is 5.21. The number of hydrogen-bond donors (Lipinski definition) is 2. The smallest absolute Gasteiger partial charge is 0.119 e. The van der Waals surface area contributed by atoms with Crippen LogP contribution in [0.2, 0.25) is 0 Å². The van der Waals surface area contributed by atoms with Gasteiger partial charge in [-0.3, -0.25) is 0 Å². The molecule has 0 fully saturated rings. The summed E-state index contributed by atoms with van der Waals surface area (Å²) in [5.41, 5.74) is 2.11. The van der Waals surface area contributed by atoms with Crippen molar-refractivity contribution in [3.63, 3.8) is 0 Å². The molecule has 2 aromatic rings. The van der Waals surface area contributed by atoms with Crippen LogP contribution in [0.5, 0.6) is 5.75 Å². The summed E-state index contributed by atoms with van der Waals surface area (Å²) in [4.78, 5) is 0. The van der Waals surface area contributed by atoms with Crippen molar-refractivity contribution in [1.82, 2.24) is 5.32 Å². The molecule has 0 aliphatic rings. The summed E-state index contributed by atoms with van der Waals surface area (Å²) in [6.07, 6.45) is -0.287. The molecule has 0 aliphatic carbocycles. The van der Waals surface area contributed by atoms with Crippen molar-refractivity contribution in [2.24, 2.45) is 0 Å². The average Bonchev–Trinajstić information content (AvgIpc) is 2.49. The van der Waals surface area contributed by atoms with Crippen LogP contribution in [0.4, 0.5) is 0 Å². The zero-order valence-electron chi connectivity index (χ0n) is 12.6. The van der Waals surface area contributed by atoms with Crippen LogP contribution in [0.1, 0.15) is 31.1 Å². The largest absolute Gasteiger partial charge is 0.491 e. The SMILES string of the molecule is CC(C)Oc1ccc(CNC[C@H](O)c2ccccc2)cc1. The average molecular weight is 285 g/mol. The van der Waals surface area contributed by atoms with Crippen LogP contribution < -0.4 is 10.1 Å². The topological polar surface area (TPSA) is 41.5 Å². The number of ether oxygens (including phenoxy) is 1. The Morgan fingerprint density at radius 3 is 2.29 bits per heavy atom. The molecule has 0 aliphatic heterocycles. The summed E-state index contributed by atoms with van der Waals surface area (Å²) >= 11 is 0. The first-order valence-electron chi connectivity index (χ1n) is 7.34. The van der Waals surface area contributed by atoms with Gasteiger partial charge in [0.1, 0.15) is 5.75 Å². The van der Waals surface area contributed by atoms with E-state index in [1.54, 1.807) is 0 Å². The van der Waals surface area contributed by atoms with Crippen molar-refractivity contribution in [3.8, 4) is 5.75 Å². The highest BCUT2D eigenvalue weighted by atomic mass is 16.5. The molecule has 0 radical (unpaired) electrons. The quantitative estimate of drug-likeness (QED) is 0.820. The van der Waals surface area contributed by atoms with E-state index in [-0.39, 0.29) is 6.10 Å². The monoisotopic (exact) mass is 285 g/mol. The van der Waals surface area contributed by atoms with Crippen LogP contribution in [0, 0.1) is 0 Å². The van der Waals surface area contributed by atoms with E-state index < -0.39 is 6.10 Å². The van der Waals surface area contributed by atoms with E-state index in [2.05, 4.69) is 5.32 Å². The number of hydrogen-bond acceptors (Lipinski definition) is 3.